The molecule has 4 atom stereocenters. The summed E-state index contributed by atoms with van der Waals surface area (Å²) in [6.07, 6.45) is -3.79. The van der Waals surface area contributed by atoms with Crippen LogP contribution in [0.4, 0.5) is 0 Å². The molecule has 2 rings (SSSR count). The normalized spacial score (nSPS) is 28.9. The smallest absolute Gasteiger partial charge is 0.388 e. The highest BCUT2D eigenvalue weighted by molar-refractivity contribution is 7.46. The first kappa shape index (κ1) is 17.0. The Labute approximate surface area is 123 Å². The average molecular weight is 338 g/mol. The maximum atomic E-state index is 11.5. The number of hydrogen-bond acceptors (Lipinski definition) is 7. The van der Waals surface area contributed by atoms with E-state index in [1.165, 1.54) is 6.20 Å². The Morgan fingerprint density at radius 1 is 1.27 bits per heavy atom. The van der Waals surface area contributed by atoms with Crippen molar-refractivity contribution in [3.05, 3.63) is 33.1 Å². The van der Waals surface area contributed by atoms with Gasteiger partial charge in [-0.25, -0.2) is 9.36 Å². The Morgan fingerprint density at radius 2 is 1.91 bits per heavy atom. The lowest BCUT2D eigenvalue weighted by atomic mass is 10.1. The number of aromatic nitrogens is 2. The number of nitrogens with zero attached hydrogens (tertiary/aromatic N) is 1. The van der Waals surface area contributed by atoms with E-state index in [9.17, 15) is 24.4 Å². The SMILES string of the molecule is O=c1ccn(C[C@@H]2O[C@H](COP(=O)(O)O)[C@@H](O)[C@H]2O)c(=O)[nH]1. The fourth-order valence-corrected chi connectivity index (χ4v) is 2.41. The van der Waals surface area contributed by atoms with Crippen molar-refractivity contribution >= 4 is 7.82 Å². The maximum Gasteiger partial charge on any atom is 0.469 e. The summed E-state index contributed by atoms with van der Waals surface area (Å²) in [4.78, 5) is 41.7. The highest BCUT2D eigenvalue weighted by atomic mass is 31.2. The Hall–Kier alpha value is -1.33. The van der Waals surface area contributed by atoms with E-state index in [4.69, 9.17) is 14.5 Å². The Balaban J connectivity index is 2.05. The molecule has 1 saturated heterocycles. The lowest BCUT2D eigenvalue weighted by Gasteiger charge is -2.15. The summed E-state index contributed by atoms with van der Waals surface area (Å²) in [5.74, 6) is 0. The number of aromatic amines is 1. The third-order valence-electron chi connectivity index (χ3n) is 3.14. The van der Waals surface area contributed by atoms with Gasteiger partial charge in [-0.15, -0.1) is 0 Å². The van der Waals surface area contributed by atoms with E-state index in [2.05, 4.69) is 4.52 Å². The van der Waals surface area contributed by atoms with E-state index >= 15 is 0 Å². The number of phosphoric ester groups is 1. The number of phosphoric acid groups is 1. The van der Waals surface area contributed by atoms with Gasteiger partial charge in [-0.3, -0.25) is 18.9 Å². The predicted octanol–water partition coefficient (Wildman–Crippen LogP) is -2.86. The lowest BCUT2D eigenvalue weighted by Crippen LogP contribution is -2.38. The third-order valence-corrected chi connectivity index (χ3v) is 3.63. The molecule has 11 nitrogen and oxygen atoms in total. The van der Waals surface area contributed by atoms with Crippen molar-refractivity contribution < 1.29 is 33.8 Å². The van der Waals surface area contributed by atoms with Crippen LogP contribution >= 0.6 is 7.82 Å². The van der Waals surface area contributed by atoms with Gasteiger partial charge in [-0.05, 0) is 0 Å². The molecule has 1 aromatic heterocycles. The number of aliphatic hydroxyl groups excluding tert-OH is 2. The van der Waals surface area contributed by atoms with Crippen LogP contribution in [0.3, 0.4) is 0 Å². The second kappa shape index (κ2) is 6.42. The Kier molecular flexibility index (Phi) is 4.97. The van der Waals surface area contributed by atoms with Gasteiger partial charge in [0.1, 0.15) is 24.4 Å². The van der Waals surface area contributed by atoms with E-state index in [0.29, 0.717) is 0 Å². The maximum absolute atomic E-state index is 11.5. The Morgan fingerprint density at radius 3 is 2.50 bits per heavy atom. The molecule has 0 bridgehead atoms. The van der Waals surface area contributed by atoms with Crippen LogP contribution in [-0.4, -0.2) is 60.6 Å². The second-order valence-electron chi connectivity index (χ2n) is 4.74. The highest BCUT2D eigenvalue weighted by Crippen LogP contribution is 2.37. The van der Waals surface area contributed by atoms with Crippen LogP contribution in [0.15, 0.2) is 21.9 Å². The molecule has 1 aromatic rings. The zero-order valence-corrected chi connectivity index (χ0v) is 12.0. The van der Waals surface area contributed by atoms with Crippen LogP contribution in [-0.2, 0) is 20.4 Å². The van der Waals surface area contributed by atoms with Crippen molar-refractivity contribution in [3.63, 3.8) is 0 Å². The number of H-pyrrole nitrogens is 1. The fraction of sp³-hybridized carbons (Fsp3) is 0.600. The molecular formula is C10H15N2O9P. The van der Waals surface area contributed by atoms with Crippen molar-refractivity contribution in [2.24, 2.45) is 0 Å². The number of ether oxygens (including phenoxy) is 1. The summed E-state index contributed by atoms with van der Waals surface area (Å²) < 4.78 is 21.2. The summed E-state index contributed by atoms with van der Waals surface area (Å²) in [6.45, 7) is -0.792. The first-order valence-corrected chi connectivity index (χ1v) is 7.72. The van der Waals surface area contributed by atoms with Crippen LogP contribution in [0.25, 0.3) is 0 Å². The second-order valence-corrected chi connectivity index (χ2v) is 5.98. The number of rotatable bonds is 5. The molecule has 0 aromatic carbocycles. The van der Waals surface area contributed by atoms with Gasteiger partial charge in [0, 0.05) is 12.3 Å². The standard InChI is InChI=1S/C10H15N2O9P/c13-7-1-2-12(10(16)11-7)3-5-8(14)9(15)6(21-5)4-20-22(17,18)19/h1-2,5-6,8-9,14-15H,3-4H2,(H,11,13,16)(H2,17,18,19)/t5-,6+,8-,9+/m0/s1. The number of aliphatic hydroxyl groups is 2. The molecule has 0 radical (unpaired) electrons. The number of nitrogens with one attached hydrogen (secondary N) is 1. The minimum absolute atomic E-state index is 0.166. The van der Waals surface area contributed by atoms with E-state index in [1.54, 1.807) is 0 Å². The molecule has 0 spiro atoms. The van der Waals surface area contributed by atoms with Crippen molar-refractivity contribution in [1.29, 1.82) is 0 Å². The van der Waals surface area contributed by atoms with Crippen LogP contribution in [0.2, 0.25) is 0 Å². The first-order chi connectivity index (χ1) is 10.2. The van der Waals surface area contributed by atoms with Gasteiger partial charge in [0.2, 0.25) is 0 Å². The monoisotopic (exact) mass is 338 g/mol. The molecule has 1 aliphatic heterocycles. The van der Waals surface area contributed by atoms with Crippen LogP contribution in [0.5, 0.6) is 0 Å². The lowest BCUT2D eigenvalue weighted by molar-refractivity contribution is -0.0264. The fourth-order valence-electron chi connectivity index (χ4n) is 2.07. The minimum Gasteiger partial charge on any atom is -0.388 e. The van der Waals surface area contributed by atoms with Crippen LogP contribution in [0.1, 0.15) is 0 Å². The van der Waals surface area contributed by atoms with E-state index in [1.807, 2.05) is 4.98 Å². The van der Waals surface area contributed by atoms with Gasteiger partial charge in [-0.2, -0.15) is 0 Å². The zero-order valence-electron chi connectivity index (χ0n) is 11.1. The average Bonchev–Trinajstić information content (AvgIpc) is 2.67. The van der Waals surface area contributed by atoms with E-state index in [-0.39, 0.29) is 6.54 Å². The molecule has 0 aliphatic carbocycles. The summed E-state index contributed by atoms with van der Waals surface area (Å²) in [7, 11) is -4.73. The van der Waals surface area contributed by atoms with Crippen molar-refractivity contribution in [2.45, 2.75) is 31.0 Å². The van der Waals surface area contributed by atoms with E-state index < -0.39 is 50.1 Å². The largest absolute Gasteiger partial charge is 0.469 e. The van der Waals surface area contributed by atoms with Gasteiger partial charge in [0.25, 0.3) is 5.56 Å². The molecule has 22 heavy (non-hydrogen) atoms. The van der Waals surface area contributed by atoms with Crippen molar-refractivity contribution in [3.8, 4) is 0 Å². The van der Waals surface area contributed by atoms with Gasteiger partial charge in [-0.1, -0.05) is 0 Å². The topological polar surface area (TPSA) is 171 Å². The summed E-state index contributed by atoms with van der Waals surface area (Å²) >= 11 is 0. The van der Waals surface area contributed by atoms with Crippen molar-refractivity contribution in [2.75, 3.05) is 6.61 Å². The first-order valence-electron chi connectivity index (χ1n) is 6.19. The van der Waals surface area contributed by atoms with Gasteiger partial charge >= 0.3 is 13.5 Å². The van der Waals surface area contributed by atoms with Crippen LogP contribution < -0.4 is 11.2 Å². The quantitative estimate of drug-likeness (QED) is 0.354. The molecule has 1 fully saturated rings. The van der Waals surface area contributed by atoms with E-state index in [0.717, 1.165) is 10.6 Å². The molecule has 12 heteroatoms. The molecule has 5 N–H and O–H groups in total. The Bertz CT molecular complexity index is 679. The van der Waals surface area contributed by atoms with Gasteiger partial charge in [0.15, 0.2) is 0 Å². The van der Waals surface area contributed by atoms with Crippen molar-refractivity contribution in [1.82, 2.24) is 9.55 Å². The molecule has 0 unspecified atom stereocenters. The molecule has 1 aliphatic rings. The molecule has 0 amide bonds. The van der Waals surface area contributed by atoms with Gasteiger partial charge in [0.05, 0.1) is 13.2 Å². The molecular weight excluding hydrogens is 323 g/mol. The zero-order chi connectivity index (χ0) is 16.5. The molecule has 124 valence electrons. The highest BCUT2D eigenvalue weighted by Gasteiger charge is 2.43. The molecule has 0 saturated carbocycles. The number of hydrogen-bond donors (Lipinski definition) is 5. The summed E-state index contributed by atoms with van der Waals surface area (Å²) in [5, 5.41) is 19.6. The minimum atomic E-state index is -4.73. The third kappa shape index (κ3) is 4.11. The molecule has 2 heterocycles. The van der Waals surface area contributed by atoms with Gasteiger partial charge < -0.3 is 24.7 Å². The summed E-state index contributed by atoms with van der Waals surface area (Å²) in [5.41, 5.74) is -1.30. The van der Waals surface area contributed by atoms with Crippen LogP contribution in [0, 0.1) is 0 Å². The summed E-state index contributed by atoms with van der Waals surface area (Å²) in [6, 6.07) is 1.10. The predicted molar refractivity (Wildman–Crippen MR) is 70.0 cm³/mol.